The van der Waals surface area contributed by atoms with Crippen molar-refractivity contribution >= 4 is 40.1 Å². The average molecular weight is 625 g/mol. The summed E-state index contributed by atoms with van der Waals surface area (Å²) in [6.07, 6.45) is 0.555. The van der Waals surface area contributed by atoms with Crippen molar-refractivity contribution < 1.29 is 23.1 Å². The summed E-state index contributed by atoms with van der Waals surface area (Å²) in [5.74, 6) is -0.578. The van der Waals surface area contributed by atoms with Gasteiger partial charge < -0.3 is 19.5 Å². The lowest BCUT2D eigenvalue weighted by molar-refractivity contribution is -0.128. The van der Waals surface area contributed by atoms with Crippen LogP contribution < -0.4 is 10.6 Å². The van der Waals surface area contributed by atoms with Crippen LogP contribution in [0.15, 0.2) is 42.0 Å². The SMILES string of the molecule is CC(C)(C)CNCc1ccc2c(c1)nc(NC(=O)c1ccc(C(F)F)s1)n2C[C@H]1CCCN1C(=O)/C(C#N)=C\C1(C)COC1. The van der Waals surface area contributed by atoms with Crippen molar-refractivity contribution in [2.24, 2.45) is 10.8 Å². The van der Waals surface area contributed by atoms with Crippen LogP contribution in [-0.2, 0) is 22.6 Å². The zero-order chi connectivity index (χ0) is 31.6. The third-order valence-corrected chi connectivity index (χ3v) is 8.92. The summed E-state index contributed by atoms with van der Waals surface area (Å²) in [5, 5.41) is 16.1. The quantitative estimate of drug-likeness (QED) is 0.215. The van der Waals surface area contributed by atoms with Crippen LogP contribution in [0.3, 0.4) is 0 Å². The van der Waals surface area contributed by atoms with Crippen LogP contribution >= 0.6 is 11.3 Å². The number of alkyl halides is 2. The number of fused-ring (bicyclic) bond motifs is 1. The van der Waals surface area contributed by atoms with Crippen LogP contribution in [0, 0.1) is 22.2 Å². The number of carbonyl (C=O) groups excluding carboxylic acids is 2. The van der Waals surface area contributed by atoms with Gasteiger partial charge in [0.1, 0.15) is 11.6 Å². The number of nitrogens with one attached hydrogen (secondary N) is 2. The monoisotopic (exact) mass is 624 g/mol. The number of nitriles is 1. The largest absolute Gasteiger partial charge is 0.379 e. The summed E-state index contributed by atoms with van der Waals surface area (Å²) in [6.45, 7) is 11.7. The first kappa shape index (κ1) is 31.8. The third kappa shape index (κ3) is 7.17. The van der Waals surface area contributed by atoms with Crippen molar-refractivity contribution in [2.45, 2.75) is 66.1 Å². The lowest BCUT2D eigenvalue weighted by Gasteiger charge is -2.35. The number of aromatic nitrogens is 2. The molecule has 9 nitrogen and oxygen atoms in total. The van der Waals surface area contributed by atoms with Gasteiger partial charge in [0.15, 0.2) is 0 Å². The molecule has 0 spiro atoms. The van der Waals surface area contributed by atoms with Crippen LogP contribution in [0.5, 0.6) is 0 Å². The summed E-state index contributed by atoms with van der Waals surface area (Å²) >= 11 is 0.742. The Morgan fingerprint density at radius 2 is 2.05 bits per heavy atom. The standard InChI is InChI=1S/C32H38F2N6O3S/c1-31(2,3)17-36-15-20-7-8-24-23(12-20)37-30(38-28(41)26-10-9-25(44-26)27(33)34)40(24)16-22-6-5-11-39(22)29(42)21(14-35)13-32(4)18-43-19-32/h7-10,12-13,22,27,36H,5-6,11,15-19H2,1-4H3,(H,37,38,41)/b21-13-/t22-/m1/s1. The van der Waals surface area contributed by atoms with Gasteiger partial charge in [-0.15, -0.1) is 11.3 Å². The number of imidazole rings is 1. The Bertz CT molecular complexity index is 1610. The molecule has 4 heterocycles. The van der Waals surface area contributed by atoms with E-state index in [1.165, 1.54) is 12.1 Å². The fourth-order valence-electron chi connectivity index (χ4n) is 5.56. The highest BCUT2D eigenvalue weighted by atomic mass is 32.1. The maximum absolute atomic E-state index is 13.6. The maximum atomic E-state index is 13.6. The number of benzene rings is 1. The van der Waals surface area contributed by atoms with Crippen LogP contribution in [0.1, 0.15) is 67.1 Å². The van der Waals surface area contributed by atoms with Gasteiger partial charge in [-0.1, -0.05) is 39.8 Å². The first-order chi connectivity index (χ1) is 20.9. The minimum atomic E-state index is -2.66. The third-order valence-electron chi connectivity index (χ3n) is 7.83. The predicted octanol–water partition coefficient (Wildman–Crippen LogP) is 5.90. The number of hydrogen-bond donors (Lipinski definition) is 2. The number of ether oxygens (including phenoxy) is 1. The van der Waals surface area contributed by atoms with Crippen LogP contribution in [-0.4, -0.2) is 58.6 Å². The molecule has 0 radical (unpaired) electrons. The number of nitrogens with zero attached hydrogens (tertiary/aromatic N) is 4. The highest BCUT2D eigenvalue weighted by Gasteiger charge is 2.36. The first-order valence-electron chi connectivity index (χ1n) is 14.8. The zero-order valence-corrected chi connectivity index (χ0v) is 26.3. The molecule has 2 N–H and O–H groups in total. The molecule has 0 unspecified atom stereocenters. The Hall–Kier alpha value is -3.66. The smallest absolute Gasteiger partial charge is 0.272 e. The zero-order valence-electron chi connectivity index (χ0n) is 25.5. The minimum absolute atomic E-state index is 0.103. The van der Waals surface area contributed by atoms with Crippen molar-refractivity contribution in [3.8, 4) is 6.07 Å². The van der Waals surface area contributed by atoms with Crippen molar-refractivity contribution in [2.75, 3.05) is 31.6 Å². The molecule has 2 fully saturated rings. The number of halogens is 2. The maximum Gasteiger partial charge on any atom is 0.272 e. The molecule has 2 amide bonds. The second-order valence-corrected chi connectivity index (χ2v) is 14.2. The van der Waals surface area contributed by atoms with E-state index in [1.807, 2.05) is 29.7 Å². The Balaban J connectivity index is 1.43. The molecule has 2 aromatic heterocycles. The van der Waals surface area contributed by atoms with Crippen LogP contribution in [0.4, 0.5) is 14.7 Å². The summed E-state index contributed by atoms with van der Waals surface area (Å²) in [5.41, 5.74) is 2.36. The Morgan fingerprint density at radius 3 is 2.68 bits per heavy atom. The molecule has 2 aliphatic rings. The second-order valence-electron chi connectivity index (χ2n) is 13.1. The summed E-state index contributed by atoms with van der Waals surface area (Å²) in [4.78, 5) is 33.2. The van der Waals surface area contributed by atoms with Crippen LogP contribution in [0.25, 0.3) is 11.0 Å². The van der Waals surface area contributed by atoms with Gasteiger partial charge >= 0.3 is 0 Å². The molecule has 0 saturated carbocycles. The highest BCUT2D eigenvalue weighted by Crippen LogP contribution is 2.32. The van der Waals surface area contributed by atoms with Gasteiger partial charge in [0.25, 0.3) is 18.2 Å². The van der Waals surface area contributed by atoms with Gasteiger partial charge in [-0.3, -0.25) is 14.9 Å². The topological polar surface area (TPSA) is 112 Å². The van der Waals surface area contributed by atoms with Gasteiger partial charge in [0, 0.05) is 31.6 Å². The molecule has 44 heavy (non-hydrogen) atoms. The van der Waals surface area contributed by atoms with E-state index < -0.39 is 12.3 Å². The van der Waals surface area contributed by atoms with E-state index >= 15 is 0 Å². The lowest BCUT2D eigenvalue weighted by Crippen LogP contribution is -2.41. The van der Waals surface area contributed by atoms with E-state index in [0.29, 0.717) is 38.4 Å². The molecular weight excluding hydrogens is 586 g/mol. The van der Waals surface area contributed by atoms with E-state index in [2.05, 4.69) is 37.5 Å². The highest BCUT2D eigenvalue weighted by molar-refractivity contribution is 7.14. The average Bonchev–Trinajstić information content (AvgIpc) is 3.69. The van der Waals surface area contributed by atoms with Crippen molar-refractivity contribution in [1.82, 2.24) is 19.8 Å². The van der Waals surface area contributed by atoms with Gasteiger partial charge in [0.05, 0.1) is 40.0 Å². The van der Waals surface area contributed by atoms with Crippen molar-refractivity contribution in [3.63, 3.8) is 0 Å². The number of likely N-dealkylation sites (tertiary alicyclic amines) is 1. The van der Waals surface area contributed by atoms with E-state index in [-0.39, 0.29) is 44.1 Å². The number of anilines is 1. The molecular formula is C32H38F2N6O3S. The molecule has 1 aromatic carbocycles. The van der Waals surface area contributed by atoms with E-state index in [9.17, 15) is 23.6 Å². The number of carbonyl (C=O) groups is 2. The van der Waals surface area contributed by atoms with E-state index in [4.69, 9.17) is 9.72 Å². The minimum Gasteiger partial charge on any atom is -0.379 e. The van der Waals surface area contributed by atoms with Crippen molar-refractivity contribution in [1.29, 1.82) is 5.26 Å². The van der Waals surface area contributed by atoms with Crippen LogP contribution in [0.2, 0.25) is 0 Å². The lowest BCUT2D eigenvalue weighted by atomic mass is 9.86. The van der Waals surface area contributed by atoms with Gasteiger partial charge in [-0.05, 0) is 48.1 Å². The summed E-state index contributed by atoms with van der Waals surface area (Å²) in [7, 11) is 0. The Labute approximate surface area is 259 Å². The number of thiophene rings is 1. The number of rotatable bonds is 10. The molecule has 0 bridgehead atoms. The fourth-order valence-corrected chi connectivity index (χ4v) is 6.32. The number of hydrogen-bond acceptors (Lipinski definition) is 7. The first-order valence-corrected chi connectivity index (χ1v) is 15.6. The molecule has 1 atom stereocenters. The summed E-state index contributed by atoms with van der Waals surface area (Å²) in [6, 6.07) is 10.4. The molecule has 234 valence electrons. The molecule has 0 aliphatic carbocycles. The summed E-state index contributed by atoms with van der Waals surface area (Å²) < 4.78 is 33.5. The van der Waals surface area contributed by atoms with Gasteiger partial charge in [-0.2, -0.15) is 5.26 Å². The molecule has 2 saturated heterocycles. The molecule has 3 aromatic rings. The predicted molar refractivity (Wildman–Crippen MR) is 165 cm³/mol. The molecule has 2 aliphatic heterocycles. The molecule has 5 rings (SSSR count). The second kappa shape index (κ2) is 12.8. The Kier molecular flexibility index (Phi) is 9.20. The van der Waals surface area contributed by atoms with Gasteiger partial charge in [-0.25, -0.2) is 13.8 Å². The van der Waals surface area contributed by atoms with E-state index in [0.717, 1.165) is 41.8 Å². The van der Waals surface area contributed by atoms with E-state index in [1.54, 1.807) is 11.0 Å². The number of amides is 2. The molecule has 12 heteroatoms. The Morgan fingerprint density at radius 1 is 1.27 bits per heavy atom. The normalized spacial score (nSPS) is 18.5. The van der Waals surface area contributed by atoms with Crippen molar-refractivity contribution in [3.05, 3.63) is 57.3 Å². The fraction of sp³-hybridized carbons (Fsp3) is 0.500. The van der Waals surface area contributed by atoms with Gasteiger partial charge in [0.2, 0.25) is 5.95 Å².